The summed E-state index contributed by atoms with van der Waals surface area (Å²) >= 11 is 0. The van der Waals surface area contributed by atoms with Gasteiger partial charge in [-0.3, -0.25) is 9.59 Å². The molecule has 4 rings (SSSR count). The van der Waals surface area contributed by atoms with Crippen LogP contribution in [-0.4, -0.2) is 56.1 Å². The van der Waals surface area contributed by atoms with Gasteiger partial charge in [0.05, 0.1) is 24.6 Å². The zero-order valence-electron chi connectivity index (χ0n) is 19.4. The molecule has 0 radical (unpaired) electrons. The van der Waals surface area contributed by atoms with Crippen LogP contribution in [0.25, 0.3) is 11.1 Å². The van der Waals surface area contributed by atoms with Crippen LogP contribution < -0.4 is 16.0 Å². The third-order valence-corrected chi connectivity index (χ3v) is 6.16. The van der Waals surface area contributed by atoms with Crippen molar-refractivity contribution in [3.8, 4) is 11.1 Å². The lowest BCUT2D eigenvalue weighted by Crippen LogP contribution is -2.36. The third-order valence-electron chi connectivity index (χ3n) is 6.16. The summed E-state index contributed by atoms with van der Waals surface area (Å²) < 4.78 is 5.48. The Kier molecular flexibility index (Phi) is 7.62. The molecule has 2 fully saturated rings. The van der Waals surface area contributed by atoms with E-state index in [4.69, 9.17) is 10.5 Å². The Morgan fingerprint density at radius 3 is 2.58 bits per heavy atom. The Hall–Kier alpha value is -2.90. The minimum absolute atomic E-state index is 0.0930. The molecule has 1 heterocycles. The number of nitrogens with one attached hydrogen (secondary N) is 1. The molecule has 2 aromatic rings. The van der Waals surface area contributed by atoms with Gasteiger partial charge in [0.25, 0.3) is 0 Å². The van der Waals surface area contributed by atoms with Crippen molar-refractivity contribution in [3.63, 3.8) is 0 Å². The van der Waals surface area contributed by atoms with Gasteiger partial charge in [0.15, 0.2) is 0 Å². The summed E-state index contributed by atoms with van der Waals surface area (Å²) in [7, 11) is 0. The first-order chi connectivity index (χ1) is 16.0. The maximum Gasteiger partial charge on any atom is 0.225 e. The predicted molar refractivity (Wildman–Crippen MR) is 131 cm³/mol. The van der Waals surface area contributed by atoms with Crippen molar-refractivity contribution in [3.05, 3.63) is 48.0 Å². The largest absolute Gasteiger partial charge is 0.378 e. The number of nitrogens with zero attached hydrogens (tertiary/aromatic N) is 2. The molecule has 3 N–H and O–H groups in total. The lowest BCUT2D eigenvalue weighted by Gasteiger charge is -2.30. The molecular weight excluding hydrogens is 416 g/mol. The number of hydrogen-bond donors (Lipinski definition) is 2. The highest BCUT2D eigenvalue weighted by Crippen LogP contribution is 2.34. The molecule has 0 aromatic heterocycles. The Balaban J connectivity index is 1.57. The van der Waals surface area contributed by atoms with E-state index in [0.717, 1.165) is 60.4 Å². The van der Waals surface area contributed by atoms with E-state index >= 15 is 0 Å². The number of amides is 2. The van der Waals surface area contributed by atoms with E-state index < -0.39 is 0 Å². The van der Waals surface area contributed by atoms with E-state index in [1.807, 2.05) is 17.0 Å². The number of ether oxygens (including phenoxy) is 1. The van der Waals surface area contributed by atoms with Crippen LogP contribution in [0.1, 0.15) is 31.7 Å². The molecule has 7 heteroatoms. The molecule has 0 unspecified atom stereocenters. The molecule has 176 valence electrons. The first-order valence-electron chi connectivity index (χ1n) is 11.9. The van der Waals surface area contributed by atoms with E-state index in [-0.39, 0.29) is 17.7 Å². The minimum atomic E-state index is -0.0930. The van der Waals surface area contributed by atoms with Crippen LogP contribution >= 0.6 is 0 Å². The maximum absolute atomic E-state index is 12.7. The quantitative estimate of drug-likeness (QED) is 0.612. The molecule has 2 amide bonds. The van der Waals surface area contributed by atoms with Gasteiger partial charge in [0, 0.05) is 39.0 Å². The zero-order valence-corrected chi connectivity index (χ0v) is 19.4. The molecule has 1 saturated heterocycles. The second-order valence-electron chi connectivity index (χ2n) is 8.89. The number of carbonyl (C=O) groups is 2. The summed E-state index contributed by atoms with van der Waals surface area (Å²) in [6.07, 6.45) is 2.81. The fourth-order valence-electron chi connectivity index (χ4n) is 4.29. The maximum atomic E-state index is 12.7. The van der Waals surface area contributed by atoms with Crippen LogP contribution in [0.2, 0.25) is 0 Å². The monoisotopic (exact) mass is 450 g/mol. The molecule has 33 heavy (non-hydrogen) atoms. The van der Waals surface area contributed by atoms with Crippen LogP contribution in [0.3, 0.4) is 0 Å². The van der Waals surface area contributed by atoms with E-state index in [9.17, 15) is 9.59 Å². The van der Waals surface area contributed by atoms with E-state index in [1.54, 1.807) is 0 Å². The molecular formula is C26H34N4O3. The number of nitrogens with two attached hydrogens (primary N) is 1. The molecule has 1 aliphatic carbocycles. The van der Waals surface area contributed by atoms with Gasteiger partial charge in [-0.15, -0.1) is 0 Å². The number of benzene rings is 2. The van der Waals surface area contributed by atoms with Gasteiger partial charge in [-0.2, -0.15) is 0 Å². The highest BCUT2D eigenvalue weighted by Gasteiger charge is 2.33. The van der Waals surface area contributed by atoms with E-state index in [1.165, 1.54) is 6.92 Å². The molecule has 1 saturated carbocycles. The molecule has 2 aliphatic rings. The number of carbonyl (C=O) groups excluding carboxylic acids is 2. The SMILES string of the molecule is CC(=O)Nc1cc(-c2cccc(CN(CCCN)C(=O)C3CC3)c2)ccc1N1CCOCC1. The van der Waals surface area contributed by atoms with Crippen molar-refractivity contribution in [2.45, 2.75) is 32.7 Å². The van der Waals surface area contributed by atoms with Crippen LogP contribution in [0.5, 0.6) is 0 Å². The summed E-state index contributed by atoms with van der Waals surface area (Å²) in [5.74, 6) is 0.347. The third kappa shape index (κ3) is 6.12. The molecule has 2 aromatic carbocycles. The minimum Gasteiger partial charge on any atom is -0.378 e. The number of rotatable bonds is 9. The van der Waals surface area contributed by atoms with E-state index in [2.05, 4.69) is 40.5 Å². The van der Waals surface area contributed by atoms with E-state index in [0.29, 0.717) is 32.8 Å². The Labute approximate surface area is 195 Å². The summed E-state index contributed by atoms with van der Waals surface area (Å²) in [6.45, 7) is 6.36. The van der Waals surface area contributed by atoms with Crippen LogP contribution in [0.15, 0.2) is 42.5 Å². The molecule has 7 nitrogen and oxygen atoms in total. The molecule has 1 aliphatic heterocycles. The Bertz CT molecular complexity index is 983. The average Bonchev–Trinajstić information content (AvgIpc) is 3.67. The second kappa shape index (κ2) is 10.8. The predicted octanol–water partition coefficient (Wildman–Crippen LogP) is 3.24. The topological polar surface area (TPSA) is 87.9 Å². The first-order valence-corrected chi connectivity index (χ1v) is 11.9. The first kappa shape index (κ1) is 23.3. The van der Waals surface area contributed by atoms with Gasteiger partial charge in [0.1, 0.15) is 0 Å². The van der Waals surface area contributed by atoms with Gasteiger partial charge in [0.2, 0.25) is 11.8 Å². The van der Waals surface area contributed by atoms with Crippen molar-refractivity contribution in [1.29, 1.82) is 0 Å². The summed E-state index contributed by atoms with van der Waals surface area (Å²) in [5.41, 5.74) is 10.7. The molecule has 0 atom stereocenters. The molecule has 0 spiro atoms. The number of anilines is 2. The van der Waals surface area contributed by atoms with Crippen LogP contribution in [-0.2, 0) is 20.9 Å². The lowest BCUT2D eigenvalue weighted by molar-refractivity contribution is -0.133. The second-order valence-corrected chi connectivity index (χ2v) is 8.89. The number of morpholine rings is 1. The standard InChI is InChI=1S/C26H34N4O3/c1-19(31)28-24-17-23(8-9-25(24)29-12-14-33-15-13-29)22-5-2-4-20(16-22)18-30(11-3-10-27)26(32)21-6-7-21/h2,4-5,8-9,16-17,21H,3,6-7,10-15,18,27H2,1H3,(H,28,31). The van der Waals surface area contributed by atoms with Crippen molar-refractivity contribution in [2.24, 2.45) is 11.7 Å². The highest BCUT2D eigenvalue weighted by molar-refractivity contribution is 5.94. The van der Waals surface area contributed by atoms with Gasteiger partial charge in [-0.1, -0.05) is 24.3 Å². The van der Waals surface area contributed by atoms with Crippen LogP contribution in [0.4, 0.5) is 11.4 Å². The Morgan fingerprint density at radius 2 is 1.88 bits per heavy atom. The van der Waals surface area contributed by atoms with Crippen molar-refractivity contribution >= 4 is 23.2 Å². The van der Waals surface area contributed by atoms with Gasteiger partial charge in [-0.05, 0) is 60.7 Å². The lowest BCUT2D eigenvalue weighted by atomic mass is 10.0. The highest BCUT2D eigenvalue weighted by atomic mass is 16.5. The summed E-state index contributed by atoms with van der Waals surface area (Å²) in [6, 6.07) is 14.5. The fraction of sp³-hybridized carbons (Fsp3) is 0.462. The van der Waals surface area contributed by atoms with Crippen LogP contribution in [0, 0.1) is 5.92 Å². The number of hydrogen-bond acceptors (Lipinski definition) is 5. The van der Waals surface area contributed by atoms with Gasteiger partial charge in [-0.25, -0.2) is 0 Å². The normalized spacial score (nSPS) is 15.9. The summed E-state index contributed by atoms with van der Waals surface area (Å²) in [4.78, 5) is 28.8. The van der Waals surface area contributed by atoms with Crippen molar-refractivity contribution in [2.75, 3.05) is 49.6 Å². The fourth-order valence-corrected chi connectivity index (χ4v) is 4.29. The van der Waals surface area contributed by atoms with Gasteiger partial charge < -0.3 is 25.6 Å². The summed E-state index contributed by atoms with van der Waals surface area (Å²) in [5, 5.41) is 3.00. The Morgan fingerprint density at radius 1 is 1.12 bits per heavy atom. The van der Waals surface area contributed by atoms with Gasteiger partial charge >= 0.3 is 0 Å². The van der Waals surface area contributed by atoms with Crippen molar-refractivity contribution in [1.82, 2.24) is 4.90 Å². The molecule has 0 bridgehead atoms. The average molecular weight is 451 g/mol. The zero-order chi connectivity index (χ0) is 23.2. The van der Waals surface area contributed by atoms with Crippen molar-refractivity contribution < 1.29 is 14.3 Å². The smallest absolute Gasteiger partial charge is 0.225 e.